The summed E-state index contributed by atoms with van der Waals surface area (Å²) in [5, 5.41) is 13.5. The first-order chi connectivity index (χ1) is 16.2. The Bertz CT molecular complexity index is 856. The number of rotatable bonds is 11. The van der Waals surface area contributed by atoms with Gasteiger partial charge in [-0.05, 0) is 81.8 Å². The van der Waals surface area contributed by atoms with E-state index in [-0.39, 0.29) is 41.4 Å². The Hall–Kier alpha value is -1.74. The molecular weight excluding hydrogens is 452 g/mol. The zero-order valence-electron chi connectivity index (χ0n) is 21.1. The van der Waals surface area contributed by atoms with Gasteiger partial charge in [-0.3, -0.25) is 9.59 Å². The van der Waals surface area contributed by atoms with E-state index in [0.29, 0.717) is 29.8 Å². The topological polar surface area (TPSA) is 105 Å². The molecule has 4 fully saturated rings. The van der Waals surface area contributed by atoms with E-state index in [9.17, 15) is 9.59 Å². The first-order valence-electron chi connectivity index (χ1n) is 12.7. The number of nitrogens with one attached hydrogen (secondary N) is 3. The van der Waals surface area contributed by atoms with Crippen LogP contribution in [0.2, 0.25) is 0 Å². The van der Waals surface area contributed by atoms with Crippen molar-refractivity contribution in [2.24, 2.45) is 29.1 Å². The second kappa shape index (κ2) is 10.5. The fourth-order valence-corrected chi connectivity index (χ4v) is 6.98. The lowest BCUT2D eigenvalue weighted by atomic mass is 9.54. The average Bonchev–Trinajstić information content (AvgIpc) is 3.16. The second-order valence-corrected chi connectivity index (χ2v) is 12.9. The number of carbonyl (C=O) groups is 2. The number of thioether (sulfide) groups is 1. The van der Waals surface area contributed by atoms with Crippen molar-refractivity contribution >= 4 is 23.6 Å². The summed E-state index contributed by atoms with van der Waals surface area (Å²) < 4.78 is 11.5. The smallest absolute Gasteiger partial charge is 0.291 e. The van der Waals surface area contributed by atoms with E-state index >= 15 is 0 Å². The van der Waals surface area contributed by atoms with Crippen LogP contribution < -0.4 is 20.7 Å². The highest BCUT2D eigenvalue weighted by Gasteiger charge is 2.49. The lowest BCUT2D eigenvalue weighted by molar-refractivity contribution is -0.130. The molecular formula is C25H40N4O4S. The molecule has 0 aromatic carbocycles. The highest BCUT2D eigenvalue weighted by atomic mass is 32.2. The summed E-state index contributed by atoms with van der Waals surface area (Å²) in [5.74, 6) is 3.09. The first-order valence-corrected chi connectivity index (χ1v) is 13.6. The Morgan fingerprint density at radius 1 is 1.12 bits per heavy atom. The van der Waals surface area contributed by atoms with Gasteiger partial charge in [-0.25, -0.2) is 0 Å². The van der Waals surface area contributed by atoms with Crippen LogP contribution in [0.15, 0.2) is 9.42 Å². The van der Waals surface area contributed by atoms with E-state index < -0.39 is 5.41 Å². The van der Waals surface area contributed by atoms with Gasteiger partial charge in [0.15, 0.2) is 0 Å². The van der Waals surface area contributed by atoms with Crippen LogP contribution in [0.1, 0.15) is 70.4 Å². The molecule has 190 valence electrons. The van der Waals surface area contributed by atoms with Crippen molar-refractivity contribution < 1.29 is 18.8 Å². The monoisotopic (exact) mass is 492 g/mol. The van der Waals surface area contributed by atoms with Crippen molar-refractivity contribution in [1.82, 2.24) is 21.1 Å². The number of carbonyl (C=O) groups excluding carboxylic acids is 2. The third-order valence-electron chi connectivity index (χ3n) is 7.55. The minimum atomic E-state index is -0.755. The zero-order valence-corrected chi connectivity index (χ0v) is 21.9. The molecule has 0 saturated heterocycles. The van der Waals surface area contributed by atoms with Crippen molar-refractivity contribution in [2.45, 2.75) is 76.0 Å². The number of nitrogens with zero attached hydrogens (tertiary/aromatic N) is 1. The number of likely N-dealkylation sites (N-methyl/N-ethyl adjacent to an activating group) is 1. The normalized spacial score (nSPS) is 27.8. The van der Waals surface area contributed by atoms with Crippen molar-refractivity contribution in [3.63, 3.8) is 0 Å². The van der Waals surface area contributed by atoms with Crippen LogP contribution in [0.5, 0.6) is 5.88 Å². The van der Waals surface area contributed by atoms with Gasteiger partial charge in [0.05, 0.1) is 5.41 Å². The molecule has 1 aromatic heterocycles. The third kappa shape index (κ3) is 5.56. The highest BCUT2D eigenvalue weighted by molar-refractivity contribution is 8.00. The molecule has 9 heteroatoms. The molecule has 1 heterocycles. The molecule has 5 rings (SSSR count). The van der Waals surface area contributed by atoms with E-state index in [4.69, 9.17) is 9.26 Å². The molecule has 3 N–H and O–H groups in total. The molecule has 0 spiro atoms. The highest BCUT2D eigenvalue weighted by Crippen LogP contribution is 2.53. The minimum Gasteiger partial charge on any atom is -0.474 e. The molecule has 4 aliphatic rings. The average molecular weight is 493 g/mol. The van der Waals surface area contributed by atoms with Gasteiger partial charge in [-0.15, -0.1) is 11.8 Å². The molecule has 34 heavy (non-hydrogen) atoms. The number of hydrogen-bond acceptors (Lipinski definition) is 7. The molecule has 4 bridgehead atoms. The van der Waals surface area contributed by atoms with Gasteiger partial charge in [-0.2, -0.15) is 0 Å². The van der Waals surface area contributed by atoms with E-state index in [1.165, 1.54) is 43.9 Å². The summed E-state index contributed by atoms with van der Waals surface area (Å²) in [6.45, 7) is 9.15. The SMILES string of the molecule is CNCCNC(=O)C(C)(C)COc1noc(C(=O)NC2C3CC4CC(C3)CC2C4)c1SC(C)C. The first kappa shape index (κ1) is 25.4. The van der Waals surface area contributed by atoms with Gasteiger partial charge in [0.25, 0.3) is 11.8 Å². The maximum absolute atomic E-state index is 13.3. The van der Waals surface area contributed by atoms with Gasteiger partial charge in [0, 0.05) is 24.4 Å². The predicted octanol–water partition coefficient (Wildman–Crippen LogP) is 3.47. The van der Waals surface area contributed by atoms with Crippen LogP contribution in [-0.4, -0.2) is 55.0 Å². The molecule has 0 radical (unpaired) electrons. The van der Waals surface area contributed by atoms with E-state index in [0.717, 1.165) is 11.8 Å². The standard InChI is InChI=1S/C25H40N4O4S/c1-14(2)34-21-20(22(30)28-19-17-9-15-8-16(11-17)12-18(19)10-15)33-29-23(21)32-13-25(3,4)24(31)27-7-6-26-5/h14-19,26H,6-13H2,1-5H3,(H,27,31)(H,28,30). The van der Waals surface area contributed by atoms with Gasteiger partial charge < -0.3 is 25.2 Å². The van der Waals surface area contributed by atoms with Crippen molar-refractivity contribution in [2.75, 3.05) is 26.7 Å². The number of ether oxygens (including phenoxy) is 1. The molecule has 2 amide bonds. The van der Waals surface area contributed by atoms with Gasteiger partial charge >= 0.3 is 0 Å². The van der Waals surface area contributed by atoms with E-state index in [1.807, 2.05) is 20.9 Å². The Balaban J connectivity index is 1.43. The fourth-order valence-electron chi connectivity index (χ4n) is 6.08. The summed E-state index contributed by atoms with van der Waals surface area (Å²) in [7, 11) is 1.84. The van der Waals surface area contributed by atoms with Crippen LogP contribution in [0.25, 0.3) is 0 Å². The van der Waals surface area contributed by atoms with Gasteiger partial charge in [0.1, 0.15) is 11.5 Å². The number of aromatic nitrogens is 1. The Morgan fingerprint density at radius 2 is 1.76 bits per heavy atom. The van der Waals surface area contributed by atoms with Crippen molar-refractivity contribution in [1.29, 1.82) is 0 Å². The lowest BCUT2D eigenvalue weighted by Gasteiger charge is -2.54. The summed E-state index contributed by atoms with van der Waals surface area (Å²) in [6.07, 6.45) is 6.34. The maximum atomic E-state index is 13.3. The molecule has 0 unspecified atom stereocenters. The summed E-state index contributed by atoms with van der Waals surface area (Å²) >= 11 is 1.50. The third-order valence-corrected chi connectivity index (χ3v) is 8.62. The minimum absolute atomic E-state index is 0.0934. The molecule has 0 aliphatic heterocycles. The molecule has 4 saturated carbocycles. The Kier molecular flexibility index (Phi) is 7.82. The Labute approximate surface area is 207 Å². The quantitative estimate of drug-likeness (QED) is 0.321. The van der Waals surface area contributed by atoms with Gasteiger partial charge in [-0.1, -0.05) is 13.8 Å². The van der Waals surface area contributed by atoms with Crippen LogP contribution in [-0.2, 0) is 4.79 Å². The van der Waals surface area contributed by atoms with Crippen molar-refractivity contribution in [3.8, 4) is 5.88 Å². The summed E-state index contributed by atoms with van der Waals surface area (Å²) in [6, 6.07) is 0.229. The maximum Gasteiger partial charge on any atom is 0.291 e. The zero-order chi connectivity index (χ0) is 24.5. The van der Waals surface area contributed by atoms with Crippen LogP contribution in [0, 0.1) is 29.1 Å². The van der Waals surface area contributed by atoms with Crippen LogP contribution >= 0.6 is 11.8 Å². The Morgan fingerprint density at radius 3 is 2.35 bits per heavy atom. The fraction of sp³-hybridized carbons (Fsp3) is 0.800. The number of amides is 2. The van der Waals surface area contributed by atoms with Crippen LogP contribution in [0.3, 0.4) is 0 Å². The summed E-state index contributed by atoms with van der Waals surface area (Å²) in [4.78, 5) is 26.5. The largest absolute Gasteiger partial charge is 0.474 e. The number of hydrogen-bond donors (Lipinski definition) is 3. The second-order valence-electron chi connectivity index (χ2n) is 11.3. The van der Waals surface area contributed by atoms with E-state index in [1.54, 1.807) is 0 Å². The van der Waals surface area contributed by atoms with Crippen LogP contribution in [0.4, 0.5) is 0 Å². The van der Waals surface area contributed by atoms with Gasteiger partial charge in [0.2, 0.25) is 11.7 Å². The lowest BCUT2D eigenvalue weighted by Crippen LogP contribution is -2.55. The molecule has 1 aromatic rings. The molecule has 4 aliphatic carbocycles. The van der Waals surface area contributed by atoms with Crippen molar-refractivity contribution in [3.05, 3.63) is 5.76 Å². The molecule has 8 nitrogen and oxygen atoms in total. The van der Waals surface area contributed by atoms with E-state index in [2.05, 4.69) is 35.0 Å². The predicted molar refractivity (Wildman–Crippen MR) is 132 cm³/mol. The summed E-state index contributed by atoms with van der Waals surface area (Å²) in [5.41, 5.74) is -0.755. The molecule has 0 atom stereocenters.